The lowest BCUT2D eigenvalue weighted by atomic mass is 10.1. The van der Waals surface area contributed by atoms with E-state index in [-0.39, 0.29) is 5.76 Å². The first-order valence-electron chi connectivity index (χ1n) is 5.68. The van der Waals surface area contributed by atoms with Crippen LogP contribution >= 0.6 is 0 Å². The van der Waals surface area contributed by atoms with Crippen molar-refractivity contribution in [3.8, 4) is 0 Å². The van der Waals surface area contributed by atoms with Gasteiger partial charge in [0.25, 0.3) is 6.29 Å². The van der Waals surface area contributed by atoms with Crippen LogP contribution in [-0.4, -0.2) is 42.7 Å². The predicted octanol–water partition coefficient (Wildman–Crippen LogP) is -0.148. The van der Waals surface area contributed by atoms with Crippen molar-refractivity contribution in [3.05, 3.63) is 11.8 Å². The fourth-order valence-electron chi connectivity index (χ4n) is 1.58. The van der Waals surface area contributed by atoms with E-state index in [1.165, 1.54) is 6.08 Å². The van der Waals surface area contributed by atoms with E-state index in [4.69, 9.17) is 18.9 Å². The van der Waals surface area contributed by atoms with Crippen LogP contribution in [0.1, 0.15) is 20.8 Å². The minimum atomic E-state index is -1.37. The number of hydrogen-bond donors (Lipinski definition) is 0. The fourth-order valence-corrected chi connectivity index (χ4v) is 1.58. The molecule has 0 aromatic rings. The van der Waals surface area contributed by atoms with E-state index >= 15 is 0 Å². The molecule has 0 aromatic heterocycles. The SMILES string of the molecule is CC(=O)O[C@@H]1OC(C=O)=C[C@H](OC(C)=O)[C@@H]1OC(C)=O. The third-order valence-corrected chi connectivity index (χ3v) is 2.18. The van der Waals surface area contributed by atoms with Crippen LogP contribution in [-0.2, 0) is 38.1 Å². The molecule has 0 N–H and O–H groups in total. The Bertz CT molecular complexity index is 452. The Morgan fingerprint density at radius 3 is 2.05 bits per heavy atom. The van der Waals surface area contributed by atoms with Crippen LogP contribution in [0.4, 0.5) is 0 Å². The topological polar surface area (TPSA) is 105 Å². The van der Waals surface area contributed by atoms with Crippen molar-refractivity contribution in [1.29, 1.82) is 0 Å². The van der Waals surface area contributed by atoms with Gasteiger partial charge in [0.15, 0.2) is 18.1 Å². The predicted molar refractivity (Wildman–Crippen MR) is 61.9 cm³/mol. The van der Waals surface area contributed by atoms with Crippen molar-refractivity contribution in [2.24, 2.45) is 0 Å². The summed E-state index contributed by atoms with van der Waals surface area (Å²) in [6.07, 6.45) is -2.12. The van der Waals surface area contributed by atoms with E-state index in [0.29, 0.717) is 6.29 Å². The Labute approximate surface area is 114 Å². The van der Waals surface area contributed by atoms with Crippen molar-refractivity contribution in [2.75, 3.05) is 0 Å². The van der Waals surface area contributed by atoms with Gasteiger partial charge in [0.1, 0.15) is 0 Å². The minimum Gasteiger partial charge on any atom is -0.454 e. The third-order valence-electron chi connectivity index (χ3n) is 2.18. The zero-order chi connectivity index (χ0) is 15.3. The molecule has 1 aliphatic heterocycles. The molecule has 0 fully saturated rings. The number of carbonyl (C=O) groups excluding carboxylic acids is 4. The van der Waals surface area contributed by atoms with E-state index in [9.17, 15) is 19.2 Å². The Morgan fingerprint density at radius 1 is 1.05 bits per heavy atom. The highest BCUT2D eigenvalue weighted by atomic mass is 16.7. The number of ether oxygens (including phenoxy) is 4. The molecule has 3 atom stereocenters. The average molecular weight is 286 g/mol. The van der Waals surface area contributed by atoms with Crippen molar-refractivity contribution in [2.45, 2.75) is 39.3 Å². The van der Waals surface area contributed by atoms with Gasteiger partial charge in [-0.3, -0.25) is 19.2 Å². The third kappa shape index (κ3) is 4.38. The van der Waals surface area contributed by atoms with Crippen LogP contribution in [0.5, 0.6) is 0 Å². The Kier molecular flexibility index (Phi) is 5.24. The zero-order valence-corrected chi connectivity index (χ0v) is 11.2. The highest BCUT2D eigenvalue weighted by Gasteiger charge is 2.41. The lowest BCUT2D eigenvalue weighted by molar-refractivity contribution is -0.221. The summed E-state index contributed by atoms with van der Waals surface area (Å²) in [4.78, 5) is 43.9. The molecule has 1 rings (SSSR count). The molecule has 0 saturated heterocycles. The van der Waals surface area contributed by atoms with Crippen molar-refractivity contribution < 1.29 is 38.1 Å². The first kappa shape index (κ1) is 15.7. The number of rotatable bonds is 4. The Balaban J connectivity index is 3.05. The van der Waals surface area contributed by atoms with Gasteiger partial charge in [-0.2, -0.15) is 0 Å². The molecule has 0 amide bonds. The van der Waals surface area contributed by atoms with Gasteiger partial charge in [0.05, 0.1) is 0 Å². The lowest BCUT2D eigenvalue weighted by Gasteiger charge is -2.33. The smallest absolute Gasteiger partial charge is 0.305 e. The van der Waals surface area contributed by atoms with Gasteiger partial charge in [0.2, 0.25) is 6.10 Å². The molecule has 0 radical (unpaired) electrons. The summed E-state index contributed by atoms with van der Waals surface area (Å²) < 4.78 is 19.7. The van der Waals surface area contributed by atoms with Crippen molar-refractivity contribution in [1.82, 2.24) is 0 Å². The molecule has 0 aliphatic carbocycles. The summed E-state index contributed by atoms with van der Waals surface area (Å²) in [5.74, 6) is -2.24. The van der Waals surface area contributed by atoms with E-state index in [0.717, 1.165) is 20.8 Å². The second-order valence-corrected chi connectivity index (χ2v) is 3.93. The van der Waals surface area contributed by atoms with Crippen LogP contribution in [0.25, 0.3) is 0 Å². The molecule has 0 unspecified atom stereocenters. The normalized spacial score (nSPS) is 24.8. The monoisotopic (exact) mass is 286 g/mol. The van der Waals surface area contributed by atoms with Gasteiger partial charge >= 0.3 is 17.9 Å². The lowest BCUT2D eigenvalue weighted by Crippen LogP contribution is -2.48. The highest BCUT2D eigenvalue weighted by molar-refractivity contribution is 5.72. The largest absolute Gasteiger partial charge is 0.454 e. The minimum absolute atomic E-state index is 0.189. The molecule has 0 aromatic carbocycles. The van der Waals surface area contributed by atoms with Crippen LogP contribution < -0.4 is 0 Å². The number of carbonyl (C=O) groups is 4. The van der Waals surface area contributed by atoms with Gasteiger partial charge in [-0.05, 0) is 0 Å². The molecule has 8 nitrogen and oxygen atoms in total. The van der Waals surface area contributed by atoms with E-state index in [1.54, 1.807) is 0 Å². The fraction of sp³-hybridized carbons (Fsp3) is 0.500. The second-order valence-electron chi connectivity index (χ2n) is 3.93. The summed E-state index contributed by atoms with van der Waals surface area (Å²) in [7, 11) is 0. The maximum Gasteiger partial charge on any atom is 0.305 e. The molecule has 20 heavy (non-hydrogen) atoms. The number of hydrogen-bond acceptors (Lipinski definition) is 8. The summed E-state index contributed by atoms with van der Waals surface area (Å²) in [6.45, 7) is 3.40. The van der Waals surface area contributed by atoms with E-state index in [1.807, 2.05) is 0 Å². The number of aldehydes is 1. The highest BCUT2D eigenvalue weighted by Crippen LogP contribution is 2.23. The van der Waals surface area contributed by atoms with E-state index < -0.39 is 36.4 Å². The molecule has 0 bridgehead atoms. The standard InChI is InChI=1S/C12H14O8/c1-6(14)17-10-4-9(5-13)20-12(19-8(3)16)11(10)18-7(2)15/h4-5,10-12H,1-3H3/t10-,11-,12+/m0/s1. The van der Waals surface area contributed by atoms with Crippen LogP contribution in [0, 0.1) is 0 Å². The maximum absolute atomic E-state index is 11.1. The molecule has 0 saturated carbocycles. The molecule has 1 heterocycles. The maximum atomic E-state index is 11.1. The first-order valence-corrected chi connectivity index (χ1v) is 5.68. The summed E-state index contributed by atoms with van der Waals surface area (Å²) in [5, 5.41) is 0. The molecule has 8 heteroatoms. The summed E-state index contributed by atoms with van der Waals surface area (Å²) >= 11 is 0. The van der Waals surface area contributed by atoms with E-state index in [2.05, 4.69) is 0 Å². The molecule has 1 aliphatic rings. The van der Waals surface area contributed by atoms with Crippen LogP contribution in [0.15, 0.2) is 11.8 Å². The first-order chi connectivity index (χ1) is 9.33. The van der Waals surface area contributed by atoms with Crippen LogP contribution in [0.3, 0.4) is 0 Å². The van der Waals surface area contributed by atoms with Crippen molar-refractivity contribution >= 4 is 24.2 Å². The van der Waals surface area contributed by atoms with Crippen LogP contribution in [0.2, 0.25) is 0 Å². The van der Waals surface area contributed by atoms with Gasteiger partial charge in [0, 0.05) is 26.8 Å². The average Bonchev–Trinajstić information content (AvgIpc) is 2.30. The molecule has 110 valence electrons. The Hall–Kier alpha value is -2.38. The van der Waals surface area contributed by atoms with Gasteiger partial charge in [-0.15, -0.1) is 0 Å². The second kappa shape index (κ2) is 6.69. The Morgan fingerprint density at radius 2 is 1.60 bits per heavy atom. The van der Waals surface area contributed by atoms with Gasteiger partial charge < -0.3 is 18.9 Å². The van der Waals surface area contributed by atoms with Crippen molar-refractivity contribution in [3.63, 3.8) is 0 Å². The number of esters is 3. The molecular weight excluding hydrogens is 272 g/mol. The quantitative estimate of drug-likeness (QED) is 0.399. The van der Waals surface area contributed by atoms with Gasteiger partial charge in [-0.25, -0.2) is 0 Å². The summed E-state index contributed by atoms with van der Waals surface area (Å²) in [5.41, 5.74) is 0. The molecular formula is C12H14O8. The zero-order valence-electron chi connectivity index (χ0n) is 11.2. The molecule has 0 spiro atoms. The number of allylic oxidation sites excluding steroid dienone is 1. The van der Waals surface area contributed by atoms with Gasteiger partial charge in [-0.1, -0.05) is 0 Å². The summed E-state index contributed by atoms with van der Waals surface area (Å²) in [6, 6.07) is 0.